The number of rotatable bonds is 5. The Hall–Kier alpha value is -3.55. The Balaban J connectivity index is 1.38. The van der Waals surface area contributed by atoms with E-state index in [1.54, 1.807) is 23.0 Å². The smallest absolute Gasteiger partial charge is 0.254 e. The van der Waals surface area contributed by atoms with E-state index in [4.69, 9.17) is 4.74 Å². The molecule has 174 valence electrons. The first-order valence-electron chi connectivity index (χ1n) is 11.3. The van der Waals surface area contributed by atoms with Gasteiger partial charge in [-0.05, 0) is 43.3 Å². The van der Waals surface area contributed by atoms with Crippen molar-refractivity contribution in [2.24, 2.45) is 0 Å². The zero-order valence-electron chi connectivity index (χ0n) is 19.1. The third kappa shape index (κ3) is 5.10. The van der Waals surface area contributed by atoms with Crippen LogP contribution in [0.3, 0.4) is 0 Å². The van der Waals surface area contributed by atoms with Crippen LogP contribution in [0.2, 0.25) is 0 Å². The fourth-order valence-electron chi connectivity index (χ4n) is 4.41. The lowest BCUT2D eigenvalue weighted by molar-refractivity contribution is -0.138. The molecule has 0 aliphatic carbocycles. The van der Waals surface area contributed by atoms with Crippen LogP contribution in [0.4, 0.5) is 5.69 Å². The van der Waals surface area contributed by atoms with Gasteiger partial charge in [-0.3, -0.25) is 14.4 Å². The first-order valence-corrected chi connectivity index (χ1v) is 11.3. The Morgan fingerprint density at radius 1 is 1.03 bits per heavy atom. The van der Waals surface area contributed by atoms with Crippen molar-refractivity contribution < 1.29 is 19.1 Å². The van der Waals surface area contributed by atoms with Gasteiger partial charge in [-0.2, -0.15) is 0 Å². The van der Waals surface area contributed by atoms with Crippen LogP contribution in [0.15, 0.2) is 48.5 Å². The molecule has 0 bridgehead atoms. The van der Waals surface area contributed by atoms with Gasteiger partial charge in [0.05, 0.1) is 13.5 Å². The number of hydrogen-bond acceptors (Lipinski definition) is 5. The molecule has 0 saturated carbocycles. The highest BCUT2D eigenvalue weighted by molar-refractivity contribution is 5.99. The van der Waals surface area contributed by atoms with Gasteiger partial charge in [0.15, 0.2) is 0 Å². The number of anilines is 1. The molecule has 8 heteroatoms. The van der Waals surface area contributed by atoms with Gasteiger partial charge in [0.1, 0.15) is 11.8 Å². The fraction of sp³-hybridized carbons (Fsp3) is 0.400. The second-order valence-electron chi connectivity index (χ2n) is 8.44. The number of benzene rings is 2. The molecular formula is C25H30N4O4. The maximum absolute atomic E-state index is 13.1. The molecule has 2 saturated heterocycles. The Kier molecular flexibility index (Phi) is 6.82. The summed E-state index contributed by atoms with van der Waals surface area (Å²) in [5.74, 6) is 0.222. The summed E-state index contributed by atoms with van der Waals surface area (Å²) in [6.45, 7) is 5.27. The zero-order valence-corrected chi connectivity index (χ0v) is 19.1. The van der Waals surface area contributed by atoms with Gasteiger partial charge in [-0.15, -0.1) is 0 Å². The topological polar surface area (TPSA) is 82.2 Å². The summed E-state index contributed by atoms with van der Waals surface area (Å²) in [5.41, 5.74) is 2.60. The molecule has 2 aromatic carbocycles. The highest BCUT2D eigenvalue weighted by atomic mass is 16.5. The summed E-state index contributed by atoms with van der Waals surface area (Å²) in [6.07, 6.45) is -0.00801. The largest absolute Gasteiger partial charge is 0.497 e. The van der Waals surface area contributed by atoms with Crippen molar-refractivity contribution in [3.05, 3.63) is 59.7 Å². The van der Waals surface area contributed by atoms with Crippen molar-refractivity contribution in [3.63, 3.8) is 0 Å². The molecule has 8 nitrogen and oxygen atoms in total. The second kappa shape index (κ2) is 9.94. The second-order valence-corrected chi connectivity index (χ2v) is 8.44. The molecule has 1 N–H and O–H groups in total. The molecular weight excluding hydrogens is 420 g/mol. The number of methoxy groups -OCH3 is 1. The van der Waals surface area contributed by atoms with Crippen molar-refractivity contribution in [2.75, 3.05) is 51.3 Å². The summed E-state index contributed by atoms with van der Waals surface area (Å²) < 4.78 is 5.21. The highest BCUT2D eigenvalue weighted by Gasteiger charge is 2.36. The molecule has 2 aromatic rings. The highest BCUT2D eigenvalue weighted by Crippen LogP contribution is 2.21. The van der Waals surface area contributed by atoms with Gasteiger partial charge >= 0.3 is 0 Å². The molecule has 33 heavy (non-hydrogen) atoms. The Morgan fingerprint density at radius 3 is 2.42 bits per heavy atom. The molecule has 1 atom stereocenters. The maximum Gasteiger partial charge on any atom is 0.254 e. The van der Waals surface area contributed by atoms with E-state index in [2.05, 4.69) is 10.2 Å². The third-order valence-corrected chi connectivity index (χ3v) is 6.29. The van der Waals surface area contributed by atoms with E-state index in [1.807, 2.05) is 49.4 Å². The van der Waals surface area contributed by atoms with Crippen LogP contribution in [0.25, 0.3) is 0 Å². The number of nitrogens with zero attached hydrogens (tertiary/aromatic N) is 3. The van der Waals surface area contributed by atoms with Crippen LogP contribution >= 0.6 is 0 Å². The fourth-order valence-corrected chi connectivity index (χ4v) is 4.41. The maximum atomic E-state index is 13.1. The molecule has 1 unspecified atom stereocenters. The summed E-state index contributed by atoms with van der Waals surface area (Å²) in [6, 6.07) is 14.4. The van der Waals surface area contributed by atoms with E-state index in [0.717, 1.165) is 17.0 Å². The summed E-state index contributed by atoms with van der Waals surface area (Å²) in [4.78, 5) is 44.4. The zero-order chi connectivity index (χ0) is 23.4. The normalized spacial score (nSPS) is 18.7. The molecule has 2 aliphatic rings. The number of piperazine rings is 2. The number of carbonyl (C=O) groups excluding carboxylic acids is 3. The number of ether oxygens (including phenoxy) is 1. The molecule has 2 heterocycles. The quantitative estimate of drug-likeness (QED) is 0.750. The third-order valence-electron chi connectivity index (χ3n) is 6.29. The SMILES string of the molecule is COc1ccc(N2CCN(C(=O)CC3C(=O)NCCN3C(=O)c3cccc(C)c3)CC2)cc1. The average molecular weight is 451 g/mol. The van der Waals surface area contributed by atoms with Crippen LogP contribution in [-0.4, -0.2) is 79.9 Å². The summed E-state index contributed by atoms with van der Waals surface area (Å²) in [5, 5.41) is 2.80. The van der Waals surface area contributed by atoms with Gasteiger partial charge in [0.2, 0.25) is 11.8 Å². The van der Waals surface area contributed by atoms with E-state index in [0.29, 0.717) is 44.8 Å². The predicted octanol–water partition coefficient (Wildman–Crippen LogP) is 1.68. The van der Waals surface area contributed by atoms with E-state index in [9.17, 15) is 14.4 Å². The van der Waals surface area contributed by atoms with Crippen molar-refractivity contribution in [1.29, 1.82) is 0 Å². The molecule has 0 radical (unpaired) electrons. The Bertz CT molecular complexity index is 1020. The van der Waals surface area contributed by atoms with Crippen LogP contribution in [0.1, 0.15) is 22.3 Å². The van der Waals surface area contributed by atoms with E-state index < -0.39 is 6.04 Å². The van der Waals surface area contributed by atoms with E-state index in [1.165, 1.54) is 0 Å². The van der Waals surface area contributed by atoms with E-state index in [-0.39, 0.29) is 24.1 Å². The minimum absolute atomic E-state index is 0.00801. The first kappa shape index (κ1) is 22.6. The number of amides is 3. The van der Waals surface area contributed by atoms with Crippen molar-refractivity contribution >= 4 is 23.4 Å². The number of carbonyl (C=O) groups is 3. The monoisotopic (exact) mass is 450 g/mol. The molecule has 2 fully saturated rings. The van der Waals surface area contributed by atoms with Crippen LogP contribution in [0.5, 0.6) is 5.75 Å². The van der Waals surface area contributed by atoms with Gasteiger partial charge in [0, 0.05) is 50.5 Å². The van der Waals surface area contributed by atoms with Crippen LogP contribution in [0, 0.1) is 6.92 Å². The molecule has 4 rings (SSSR count). The van der Waals surface area contributed by atoms with Crippen molar-refractivity contribution in [3.8, 4) is 5.75 Å². The minimum atomic E-state index is -0.793. The lowest BCUT2D eigenvalue weighted by Gasteiger charge is -2.39. The number of nitrogens with one attached hydrogen (secondary N) is 1. The summed E-state index contributed by atoms with van der Waals surface area (Å²) >= 11 is 0. The predicted molar refractivity (Wildman–Crippen MR) is 125 cm³/mol. The van der Waals surface area contributed by atoms with Gasteiger partial charge < -0.3 is 24.8 Å². The summed E-state index contributed by atoms with van der Waals surface area (Å²) in [7, 11) is 1.64. The number of aryl methyl sites for hydroxylation is 1. The van der Waals surface area contributed by atoms with Crippen molar-refractivity contribution in [2.45, 2.75) is 19.4 Å². The Labute approximate surface area is 194 Å². The number of hydrogen-bond donors (Lipinski definition) is 1. The van der Waals surface area contributed by atoms with Gasteiger partial charge in [-0.25, -0.2) is 0 Å². The first-order chi connectivity index (χ1) is 16.0. The standard InChI is InChI=1S/C25H30N4O4/c1-18-4-3-5-19(16-18)25(32)29-11-10-26-24(31)22(29)17-23(30)28-14-12-27(13-15-28)20-6-8-21(33-2)9-7-20/h3-9,16,22H,10-15,17H2,1-2H3,(H,26,31). The van der Waals surface area contributed by atoms with Gasteiger partial charge in [-0.1, -0.05) is 17.7 Å². The lowest BCUT2D eigenvalue weighted by atomic mass is 10.0. The molecule has 0 aromatic heterocycles. The van der Waals surface area contributed by atoms with Crippen molar-refractivity contribution in [1.82, 2.24) is 15.1 Å². The molecule has 3 amide bonds. The minimum Gasteiger partial charge on any atom is -0.497 e. The molecule has 2 aliphatic heterocycles. The van der Waals surface area contributed by atoms with E-state index >= 15 is 0 Å². The average Bonchev–Trinajstić information content (AvgIpc) is 2.85. The van der Waals surface area contributed by atoms with Crippen LogP contribution in [-0.2, 0) is 9.59 Å². The Morgan fingerprint density at radius 2 is 1.76 bits per heavy atom. The van der Waals surface area contributed by atoms with Crippen LogP contribution < -0.4 is 15.0 Å². The lowest BCUT2D eigenvalue weighted by Crippen LogP contribution is -2.59. The molecule has 0 spiro atoms. The van der Waals surface area contributed by atoms with Gasteiger partial charge in [0.25, 0.3) is 5.91 Å².